The minimum absolute atomic E-state index is 0.119. The van der Waals surface area contributed by atoms with Crippen molar-refractivity contribution in [1.29, 1.82) is 0 Å². The van der Waals surface area contributed by atoms with Crippen LogP contribution in [0.5, 0.6) is 0 Å². The Morgan fingerprint density at radius 2 is 2.36 bits per heavy atom. The fourth-order valence-electron chi connectivity index (χ4n) is 2.37. The van der Waals surface area contributed by atoms with Crippen LogP contribution in [0.2, 0.25) is 0 Å². The molecule has 2 heterocycles. The van der Waals surface area contributed by atoms with Gasteiger partial charge in [0.05, 0.1) is 18.6 Å². The van der Waals surface area contributed by atoms with E-state index < -0.39 is 5.60 Å². The molecular weight excluding hydrogens is 184 g/mol. The van der Waals surface area contributed by atoms with Gasteiger partial charge in [-0.25, -0.2) is 0 Å². The Morgan fingerprint density at radius 3 is 2.93 bits per heavy atom. The summed E-state index contributed by atoms with van der Waals surface area (Å²) < 4.78 is 10.3. The molecule has 0 aromatic rings. The van der Waals surface area contributed by atoms with Crippen LogP contribution in [0.15, 0.2) is 0 Å². The predicted octanol–water partition coefficient (Wildman–Crippen LogP) is 0.686. The summed E-state index contributed by atoms with van der Waals surface area (Å²) in [4.78, 5) is 22.8. The summed E-state index contributed by atoms with van der Waals surface area (Å²) in [5, 5.41) is 0. The smallest absolute Gasteiger partial charge is 0.311 e. The zero-order chi connectivity index (χ0) is 10.3. The standard InChI is InChI=1S/C10H14O4/c1-10-4-3-7(11)8(14-10)5-6(10)9(12)13-2/h6,8H,3-5H2,1-2H3/t6-,8-,10-/m1/s1. The summed E-state index contributed by atoms with van der Waals surface area (Å²) in [6.45, 7) is 1.89. The summed E-state index contributed by atoms with van der Waals surface area (Å²) in [5.41, 5.74) is -0.480. The van der Waals surface area contributed by atoms with Gasteiger partial charge in [0.15, 0.2) is 5.78 Å². The highest BCUT2D eigenvalue weighted by Gasteiger charge is 2.54. The van der Waals surface area contributed by atoms with E-state index in [0.717, 1.165) is 0 Å². The number of esters is 1. The Labute approximate surface area is 82.6 Å². The third-order valence-corrected chi connectivity index (χ3v) is 3.31. The van der Waals surface area contributed by atoms with Crippen LogP contribution >= 0.6 is 0 Å². The van der Waals surface area contributed by atoms with Gasteiger partial charge < -0.3 is 9.47 Å². The molecule has 4 nitrogen and oxygen atoms in total. The minimum Gasteiger partial charge on any atom is -0.469 e. The fraction of sp³-hybridized carbons (Fsp3) is 0.800. The Hall–Kier alpha value is -0.900. The minimum atomic E-state index is -0.480. The fourth-order valence-corrected chi connectivity index (χ4v) is 2.37. The van der Waals surface area contributed by atoms with Gasteiger partial charge >= 0.3 is 5.97 Å². The average molecular weight is 198 g/mol. The van der Waals surface area contributed by atoms with Gasteiger partial charge in [-0.2, -0.15) is 0 Å². The molecule has 2 rings (SSSR count). The number of methoxy groups -OCH3 is 1. The van der Waals surface area contributed by atoms with Crippen molar-refractivity contribution in [2.75, 3.05) is 7.11 Å². The van der Waals surface area contributed by atoms with Crippen LogP contribution < -0.4 is 0 Å². The molecule has 14 heavy (non-hydrogen) atoms. The highest BCUT2D eigenvalue weighted by molar-refractivity contribution is 5.87. The van der Waals surface area contributed by atoms with Crippen molar-refractivity contribution in [3.63, 3.8) is 0 Å². The van der Waals surface area contributed by atoms with Crippen molar-refractivity contribution in [3.8, 4) is 0 Å². The van der Waals surface area contributed by atoms with E-state index in [0.29, 0.717) is 19.3 Å². The average Bonchev–Trinajstić information content (AvgIpc) is 2.46. The van der Waals surface area contributed by atoms with Gasteiger partial charge in [-0.1, -0.05) is 0 Å². The van der Waals surface area contributed by atoms with Crippen LogP contribution in [0.4, 0.5) is 0 Å². The van der Waals surface area contributed by atoms with Crippen LogP contribution in [0.1, 0.15) is 26.2 Å². The largest absolute Gasteiger partial charge is 0.469 e. The highest BCUT2D eigenvalue weighted by atomic mass is 16.5. The molecule has 3 atom stereocenters. The molecule has 2 bridgehead atoms. The number of carbonyl (C=O) groups is 2. The van der Waals surface area contributed by atoms with Crippen LogP contribution in [0, 0.1) is 5.92 Å². The number of rotatable bonds is 1. The SMILES string of the molecule is COC(=O)[C@H]1C[C@H]2O[C@]1(C)CCC2=O. The van der Waals surface area contributed by atoms with Crippen molar-refractivity contribution < 1.29 is 19.1 Å². The normalized spacial score (nSPS) is 41.1. The lowest BCUT2D eigenvalue weighted by molar-refractivity contribution is -0.158. The second-order valence-electron chi connectivity index (χ2n) is 4.20. The number of carbonyl (C=O) groups excluding carboxylic acids is 2. The maximum atomic E-state index is 11.5. The number of fused-ring (bicyclic) bond motifs is 2. The van der Waals surface area contributed by atoms with Gasteiger partial charge in [-0.05, 0) is 19.8 Å². The lowest BCUT2D eigenvalue weighted by atomic mass is 9.86. The Balaban J connectivity index is 2.22. The van der Waals surface area contributed by atoms with Crippen molar-refractivity contribution >= 4 is 11.8 Å². The van der Waals surface area contributed by atoms with Gasteiger partial charge in [-0.3, -0.25) is 9.59 Å². The van der Waals surface area contributed by atoms with E-state index in [-0.39, 0.29) is 23.8 Å². The maximum Gasteiger partial charge on any atom is 0.311 e. The van der Waals surface area contributed by atoms with Crippen molar-refractivity contribution in [1.82, 2.24) is 0 Å². The van der Waals surface area contributed by atoms with Gasteiger partial charge in [0.1, 0.15) is 6.10 Å². The molecule has 0 spiro atoms. The van der Waals surface area contributed by atoms with Crippen LogP contribution in [-0.2, 0) is 19.1 Å². The molecule has 4 heteroatoms. The molecule has 0 radical (unpaired) electrons. The van der Waals surface area contributed by atoms with Gasteiger partial charge in [-0.15, -0.1) is 0 Å². The molecule has 0 amide bonds. The van der Waals surface area contributed by atoms with Crippen molar-refractivity contribution in [3.05, 3.63) is 0 Å². The molecule has 0 unspecified atom stereocenters. The van der Waals surface area contributed by atoms with Crippen LogP contribution in [0.3, 0.4) is 0 Å². The molecule has 0 aromatic heterocycles. The van der Waals surface area contributed by atoms with E-state index in [4.69, 9.17) is 9.47 Å². The molecule has 0 aromatic carbocycles. The molecule has 2 aliphatic rings. The Morgan fingerprint density at radius 1 is 1.64 bits per heavy atom. The van der Waals surface area contributed by atoms with Crippen LogP contribution in [-0.4, -0.2) is 30.6 Å². The zero-order valence-corrected chi connectivity index (χ0v) is 8.41. The second kappa shape index (κ2) is 3.05. The summed E-state index contributed by atoms with van der Waals surface area (Å²) >= 11 is 0. The molecule has 78 valence electrons. The first-order valence-corrected chi connectivity index (χ1v) is 4.85. The summed E-state index contributed by atoms with van der Waals surface area (Å²) in [5.74, 6) is -0.414. The quantitative estimate of drug-likeness (QED) is 0.581. The first-order chi connectivity index (χ1) is 6.57. The predicted molar refractivity (Wildman–Crippen MR) is 47.6 cm³/mol. The van der Waals surface area contributed by atoms with Gasteiger partial charge in [0, 0.05) is 6.42 Å². The zero-order valence-electron chi connectivity index (χ0n) is 8.41. The topological polar surface area (TPSA) is 52.6 Å². The number of ether oxygens (including phenoxy) is 2. The molecule has 0 saturated carbocycles. The third kappa shape index (κ3) is 1.25. The van der Waals surface area contributed by atoms with Crippen molar-refractivity contribution in [2.24, 2.45) is 5.92 Å². The first kappa shape index (κ1) is 9.65. The van der Waals surface area contributed by atoms with E-state index in [9.17, 15) is 9.59 Å². The first-order valence-electron chi connectivity index (χ1n) is 4.85. The summed E-state index contributed by atoms with van der Waals surface area (Å²) in [6, 6.07) is 0. The van der Waals surface area contributed by atoms with E-state index in [2.05, 4.69) is 0 Å². The van der Waals surface area contributed by atoms with Crippen LogP contribution in [0.25, 0.3) is 0 Å². The van der Waals surface area contributed by atoms with Gasteiger partial charge in [0.2, 0.25) is 0 Å². The molecule has 2 fully saturated rings. The second-order valence-corrected chi connectivity index (χ2v) is 4.20. The number of hydrogen-bond donors (Lipinski definition) is 0. The Bertz CT molecular complexity index is 286. The van der Waals surface area contributed by atoms with Gasteiger partial charge in [0.25, 0.3) is 0 Å². The maximum absolute atomic E-state index is 11.5. The monoisotopic (exact) mass is 198 g/mol. The molecule has 0 aliphatic carbocycles. The van der Waals surface area contributed by atoms with E-state index in [1.54, 1.807) is 0 Å². The van der Waals surface area contributed by atoms with E-state index in [1.807, 2.05) is 6.92 Å². The lowest BCUT2D eigenvalue weighted by Crippen LogP contribution is -2.40. The number of Topliss-reactive ketones (excluding diaryl/α,β-unsaturated/α-hetero) is 1. The Kier molecular flexibility index (Phi) is 2.10. The highest BCUT2D eigenvalue weighted by Crippen LogP contribution is 2.44. The molecule has 2 saturated heterocycles. The number of hydrogen-bond acceptors (Lipinski definition) is 4. The number of ketones is 1. The lowest BCUT2D eigenvalue weighted by Gasteiger charge is -2.31. The molecular formula is C10H14O4. The molecule has 0 N–H and O–H groups in total. The summed E-state index contributed by atoms with van der Waals surface area (Å²) in [6.07, 6.45) is 1.26. The van der Waals surface area contributed by atoms with E-state index >= 15 is 0 Å². The van der Waals surface area contributed by atoms with E-state index in [1.165, 1.54) is 7.11 Å². The van der Waals surface area contributed by atoms with Crippen molar-refractivity contribution in [2.45, 2.75) is 37.9 Å². The third-order valence-electron chi connectivity index (χ3n) is 3.31. The summed E-state index contributed by atoms with van der Waals surface area (Å²) in [7, 11) is 1.37. The molecule has 2 aliphatic heterocycles.